The Morgan fingerprint density at radius 3 is 2.71 bits per heavy atom. The minimum Gasteiger partial charge on any atom is -0.385 e. The molecular formula is C13H21N. The van der Waals surface area contributed by atoms with Crippen molar-refractivity contribution in [1.82, 2.24) is 5.32 Å². The number of rotatable bonds is 0. The van der Waals surface area contributed by atoms with E-state index in [9.17, 15) is 0 Å². The summed E-state index contributed by atoms with van der Waals surface area (Å²) >= 11 is 0. The maximum absolute atomic E-state index is 3.42. The van der Waals surface area contributed by atoms with Crippen molar-refractivity contribution in [3.63, 3.8) is 0 Å². The van der Waals surface area contributed by atoms with Crippen molar-refractivity contribution < 1.29 is 0 Å². The molecule has 2 rings (SSSR count). The van der Waals surface area contributed by atoms with Gasteiger partial charge in [-0.15, -0.1) is 0 Å². The van der Waals surface area contributed by atoms with Gasteiger partial charge in [0, 0.05) is 12.2 Å². The number of hydrogen-bond donors (Lipinski definition) is 1. The fraction of sp³-hybridized carbons (Fsp3) is 0.538. The van der Waals surface area contributed by atoms with Crippen LogP contribution in [0.3, 0.4) is 0 Å². The molecule has 0 aromatic carbocycles. The van der Waals surface area contributed by atoms with Gasteiger partial charge in [0.1, 0.15) is 0 Å². The standard InChI is InChI=1S/C11H15N.C2H6/c1-9-4-6-10-3-2-8-12-11(10)7-5-9;1-2/h4-7,9,12H,2-3,8H2,1H3;1-2H3. The summed E-state index contributed by atoms with van der Waals surface area (Å²) in [5, 5.41) is 3.42. The minimum atomic E-state index is 0.581. The molecule has 1 aliphatic carbocycles. The van der Waals surface area contributed by atoms with E-state index in [0.717, 1.165) is 6.54 Å². The molecule has 2 aliphatic rings. The van der Waals surface area contributed by atoms with Gasteiger partial charge in [-0.05, 0) is 30.4 Å². The van der Waals surface area contributed by atoms with Crippen LogP contribution >= 0.6 is 0 Å². The Morgan fingerprint density at radius 1 is 1.21 bits per heavy atom. The average Bonchev–Trinajstić information content (AvgIpc) is 2.45. The van der Waals surface area contributed by atoms with Crippen molar-refractivity contribution in [2.24, 2.45) is 5.92 Å². The highest BCUT2D eigenvalue weighted by atomic mass is 14.9. The first-order chi connectivity index (χ1) is 6.86. The summed E-state index contributed by atoms with van der Waals surface area (Å²) in [6.07, 6.45) is 11.5. The third-order valence-electron chi connectivity index (χ3n) is 2.45. The molecule has 0 bridgehead atoms. The zero-order valence-corrected chi connectivity index (χ0v) is 9.51. The second-order valence-electron chi connectivity index (χ2n) is 3.55. The minimum absolute atomic E-state index is 0.581. The van der Waals surface area contributed by atoms with Crippen LogP contribution in [0.25, 0.3) is 0 Å². The van der Waals surface area contributed by atoms with E-state index in [1.165, 1.54) is 24.1 Å². The first-order valence-corrected chi connectivity index (χ1v) is 5.70. The quantitative estimate of drug-likeness (QED) is 0.618. The third kappa shape index (κ3) is 2.76. The molecule has 1 nitrogen and oxygen atoms in total. The van der Waals surface area contributed by atoms with Gasteiger partial charge in [-0.1, -0.05) is 39.0 Å². The molecule has 1 heteroatoms. The van der Waals surface area contributed by atoms with Gasteiger partial charge in [0.25, 0.3) is 0 Å². The Bertz CT molecular complexity index is 232. The maximum Gasteiger partial charge on any atom is 0.0369 e. The van der Waals surface area contributed by atoms with Gasteiger partial charge in [0.05, 0.1) is 0 Å². The number of allylic oxidation sites excluding steroid dienone is 5. The molecule has 0 saturated heterocycles. The second kappa shape index (κ2) is 5.69. The van der Waals surface area contributed by atoms with Crippen LogP contribution in [0.2, 0.25) is 0 Å². The van der Waals surface area contributed by atoms with Crippen LogP contribution in [0.15, 0.2) is 35.6 Å². The van der Waals surface area contributed by atoms with Crippen molar-refractivity contribution >= 4 is 0 Å². The fourth-order valence-corrected chi connectivity index (χ4v) is 1.67. The summed E-state index contributed by atoms with van der Waals surface area (Å²) in [6.45, 7) is 7.34. The molecule has 1 N–H and O–H groups in total. The van der Waals surface area contributed by atoms with Crippen molar-refractivity contribution in [1.29, 1.82) is 0 Å². The zero-order valence-electron chi connectivity index (χ0n) is 9.51. The van der Waals surface area contributed by atoms with E-state index >= 15 is 0 Å². The van der Waals surface area contributed by atoms with Gasteiger partial charge >= 0.3 is 0 Å². The van der Waals surface area contributed by atoms with Crippen LogP contribution < -0.4 is 5.32 Å². The first-order valence-electron chi connectivity index (χ1n) is 5.70. The smallest absolute Gasteiger partial charge is 0.0369 e. The van der Waals surface area contributed by atoms with E-state index in [2.05, 4.69) is 36.5 Å². The highest BCUT2D eigenvalue weighted by molar-refractivity contribution is 5.36. The molecule has 1 atom stereocenters. The Morgan fingerprint density at radius 2 is 1.93 bits per heavy atom. The molecule has 1 aliphatic heterocycles. The summed E-state index contributed by atoms with van der Waals surface area (Å²) < 4.78 is 0. The lowest BCUT2D eigenvalue weighted by Crippen LogP contribution is -2.19. The lowest BCUT2D eigenvalue weighted by atomic mass is 10.0. The van der Waals surface area contributed by atoms with Crippen LogP contribution in [0.1, 0.15) is 33.6 Å². The number of hydrogen-bond acceptors (Lipinski definition) is 1. The Kier molecular flexibility index (Phi) is 4.51. The highest BCUT2D eigenvalue weighted by Gasteiger charge is 2.09. The average molecular weight is 191 g/mol. The van der Waals surface area contributed by atoms with E-state index in [0.29, 0.717) is 5.92 Å². The van der Waals surface area contributed by atoms with E-state index in [-0.39, 0.29) is 0 Å². The van der Waals surface area contributed by atoms with Gasteiger partial charge < -0.3 is 5.32 Å². The molecule has 0 aromatic heterocycles. The third-order valence-corrected chi connectivity index (χ3v) is 2.45. The molecule has 78 valence electrons. The first kappa shape index (κ1) is 11.1. The molecule has 1 unspecified atom stereocenters. The Hall–Kier alpha value is -0.980. The maximum atomic E-state index is 3.42. The molecule has 0 fully saturated rings. The van der Waals surface area contributed by atoms with Crippen LogP contribution in [0, 0.1) is 5.92 Å². The fourth-order valence-electron chi connectivity index (χ4n) is 1.67. The lowest BCUT2D eigenvalue weighted by molar-refractivity contribution is 0.685. The van der Waals surface area contributed by atoms with E-state index in [1.54, 1.807) is 0 Å². The molecule has 0 radical (unpaired) electrons. The Balaban J connectivity index is 0.000000461. The lowest BCUT2D eigenvalue weighted by Gasteiger charge is -2.16. The van der Waals surface area contributed by atoms with E-state index in [1.807, 2.05) is 13.8 Å². The van der Waals surface area contributed by atoms with Gasteiger partial charge in [-0.2, -0.15) is 0 Å². The van der Waals surface area contributed by atoms with Gasteiger partial charge in [0.15, 0.2) is 0 Å². The zero-order chi connectivity index (χ0) is 10.4. The summed E-state index contributed by atoms with van der Waals surface area (Å²) in [4.78, 5) is 0. The predicted molar refractivity (Wildman–Crippen MR) is 63.1 cm³/mol. The summed E-state index contributed by atoms with van der Waals surface area (Å²) in [5.74, 6) is 0.581. The summed E-state index contributed by atoms with van der Waals surface area (Å²) in [5.41, 5.74) is 2.81. The normalized spacial score (nSPS) is 24.4. The highest BCUT2D eigenvalue weighted by Crippen LogP contribution is 2.20. The Labute approximate surface area is 87.6 Å². The number of nitrogens with one attached hydrogen (secondary N) is 1. The van der Waals surface area contributed by atoms with Crippen molar-refractivity contribution in [2.75, 3.05) is 6.54 Å². The van der Waals surface area contributed by atoms with E-state index in [4.69, 9.17) is 0 Å². The predicted octanol–water partition coefficient (Wildman–Crippen LogP) is 3.41. The van der Waals surface area contributed by atoms with Gasteiger partial charge in [0.2, 0.25) is 0 Å². The molecule has 14 heavy (non-hydrogen) atoms. The van der Waals surface area contributed by atoms with Crippen LogP contribution in [-0.4, -0.2) is 6.54 Å². The SMILES string of the molecule is CC.CC1C=CC2=C(C=C1)NCCC2. The molecule has 1 heterocycles. The van der Waals surface area contributed by atoms with Crippen LogP contribution in [0.5, 0.6) is 0 Å². The monoisotopic (exact) mass is 191 g/mol. The van der Waals surface area contributed by atoms with Crippen molar-refractivity contribution in [2.45, 2.75) is 33.6 Å². The molecule has 0 aromatic rings. The summed E-state index contributed by atoms with van der Waals surface area (Å²) in [7, 11) is 0. The summed E-state index contributed by atoms with van der Waals surface area (Å²) in [6, 6.07) is 0. The van der Waals surface area contributed by atoms with E-state index < -0.39 is 0 Å². The topological polar surface area (TPSA) is 12.0 Å². The second-order valence-corrected chi connectivity index (χ2v) is 3.55. The van der Waals surface area contributed by atoms with Crippen LogP contribution in [0.4, 0.5) is 0 Å². The van der Waals surface area contributed by atoms with Crippen molar-refractivity contribution in [3.05, 3.63) is 35.6 Å². The molecule has 0 spiro atoms. The largest absolute Gasteiger partial charge is 0.385 e. The molecule has 0 saturated carbocycles. The van der Waals surface area contributed by atoms with Gasteiger partial charge in [-0.3, -0.25) is 0 Å². The van der Waals surface area contributed by atoms with Crippen LogP contribution in [-0.2, 0) is 0 Å². The molecule has 0 amide bonds. The van der Waals surface area contributed by atoms with Gasteiger partial charge in [-0.25, -0.2) is 0 Å². The molecular weight excluding hydrogens is 170 g/mol. The van der Waals surface area contributed by atoms with Crippen molar-refractivity contribution in [3.8, 4) is 0 Å².